The van der Waals surface area contributed by atoms with Crippen molar-refractivity contribution in [3.05, 3.63) is 60.6 Å². The summed E-state index contributed by atoms with van der Waals surface area (Å²) in [6.07, 6.45) is -3.55. The Kier molecular flexibility index (Phi) is 9.63. The third-order valence-electron chi connectivity index (χ3n) is 6.23. The molecule has 218 valence electrons. The maximum Gasteiger partial charge on any atom is 0.490 e. The standard InChI is InChI=1S/C21H23N3O2.2C2HF3O2/c1-3-16(19-6-9-23-20(19)5-1)12-24-14-21(15-24)17(7-10-26-21)13-25-18-4-2-8-22-11-18;2*3-2(4,5)1(6)7/h1-6,8-9,11,17,23H,7,10,12-15H2;2*(H,6,7). The summed E-state index contributed by atoms with van der Waals surface area (Å²) in [4.78, 5) is 27.7. The van der Waals surface area contributed by atoms with E-state index in [4.69, 9.17) is 29.3 Å². The van der Waals surface area contributed by atoms with Crippen LogP contribution in [0.15, 0.2) is 55.0 Å². The molecule has 3 aromatic rings. The summed E-state index contributed by atoms with van der Waals surface area (Å²) < 4.78 is 75.6. The number of ether oxygens (including phenoxy) is 2. The van der Waals surface area contributed by atoms with Crippen LogP contribution in [0.2, 0.25) is 0 Å². The van der Waals surface area contributed by atoms with Gasteiger partial charge in [0.05, 0.1) is 18.4 Å². The maximum absolute atomic E-state index is 10.6. The third kappa shape index (κ3) is 8.08. The molecule has 2 fully saturated rings. The van der Waals surface area contributed by atoms with Crippen molar-refractivity contribution in [2.24, 2.45) is 5.92 Å². The lowest BCUT2D eigenvalue weighted by Crippen LogP contribution is -2.64. The zero-order chi connectivity index (χ0) is 29.6. The van der Waals surface area contributed by atoms with Gasteiger partial charge in [0, 0.05) is 55.5 Å². The number of hydrogen-bond acceptors (Lipinski definition) is 6. The number of benzene rings is 1. The van der Waals surface area contributed by atoms with Crippen LogP contribution >= 0.6 is 0 Å². The molecule has 0 bridgehead atoms. The second-order valence-electron chi connectivity index (χ2n) is 9.01. The lowest BCUT2D eigenvalue weighted by Gasteiger charge is -2.50. The van der Waals surface area contributed by atoms with Crippen LogP contribution in [-0.4, -0.2) is 81.3 Å². The first-order chi connectivity index (χ1) is 18.7. The van der Waals surface area contributed by atoms with Crippen LogP contribution < -0.4 is 4.74 Å². The van der Waals surface area contributed by atoms with Crippen LogP contribution in [0.25, 0.3) is 10.9 Å². The lowest BCUT2D eigenvalue weighted by molar-refractivity contribution is -0.193. The van der Waals surface area contributed by atoms with Gasteiger partial charge in [0.2, 0.25) is 0 Å². The van der Waals surface area contributed by atoms with Crippen LogP contribution in [-0.2, 0) is 20.9 Å². The Bertz CT molecular complexity index is 1250. The van der Waals surface area contributed by atoms with Gasteiger partial charge in [0.25, 0.3) is 0 Å². The number of halogens is 6. The number of hydrogen-bond donors (Lipinski definition) is 3. The largest absolute Gasteiger partial charge is 0.492 e. The number of aromatic nitrogens is 2. The Balaban J connectivity index is 0.000000263. The minimum Gasteiger partial charge on any atom is -0.492 e. The van der Waals surface area contributed by atoms with Gasteiger partial charge in [0.15, 0.2) is 0 Å². The van der Waals surface area contributed by atoms with Crippen LogP contribution in [0.1, 0.15) is 12.0 Å². The summed E-state index contributed by atoms with van der Waals surface area (Å²) in [5.41, 5.74) is 2.55. The van der Waals surface area contributed by atoms with Crippen LogP contribution in [0.4, 0.5) is 26.3 Å². The van der Waals surface area contributed by atoms with Gasteiger partial charge in [-0.15, -0.1) is 0 Å². The smallest absolute Gasteiger partial charge is 0.490 e. The highest BCUT2D eigenvalue weighted by Gasteiger charge is 2.53. The second-order valence-corrected chi connectivity index (χ2v) is 9.01. The Morgan fingerprint density at radius 1 is 1.05 bits per heavy atom. The average Bonchev–Trinajstić information content (AvgIpc) is 3.51. The van der Waals surface area contributed by atoms with Crippen molar-refractivity contribution in [2.45, 2.75) is 30.9 Å². The molecule has 9 nitrogen and oxygen atoms in total. The zero-order valence-corrected chi connectivity index (χ0v) is 20.7. The number of pyridine rings is 1. The van der Waals surface area contributed by atoms with Gasteiger partial charge in [0.1, 0.15) is 5.75 Å². The minimum atomic E-state index is -5.08. The zero-order valence-electron chi connectivity index (χ0n) is 20.7. The van der Waals surface area contributed by atoms with Crippen molar-refractivity contribution < 1.29 is 55.6 Å². The Hall–Kier alpha value is -3.85. The van der Waals surface area contributed by atoms with E-state index >= 15 is 0 Å². The topological polar surface area (TPSA) is 125 Å². The summed E-state index contributed by atoms with van der Waals surface area (Å²) in [5, 5.41) is 15.6. The molecule has 2 saturated heterocycles. The Labute approximate surface area is 223 Å². The number of rotatable bonds is 5. The van der Waals surface area contributed by atoms with Gasteiger partial charge in [-0.05, 0) is 36.2 Å². The number of carbonyl (C=O) groups is 2. The predicted octanol–water partition coefficient (Wildman–Crippen LogP) is 4.50. The molecule has 0 aliphatic carbocycles. The van der Waals surface area contributed by atoms with E-state index in [2.05, 4.69) is 39.1 Å². The van der Waals surface area contributed by atoms with Crippen LogP contribution in [0, 0.1) is 5.92 Å². The highest BCUT2D eigenvalue weighted by atomic mass is 19.4. The fraction of sp³-hybridized carbons (Fsp3) is 0.400. The molecule has 15 heteroatoms. The predicted molar refractivity (Wildman–Crippen MR) is 127 cm³/mol. The van der Waals surface area contributed by atoms with Crippen molar-refractivity contribution in [3.8, 4) is 5.75 Å². The number of carboxylic acid groups (broad SMARTS) is 2. The van der Waals surface area contributed by atoms with E-state index in [1.807, 2.05) is 18.3 Å². The number of fused-ring (bicyclic) bond motifs is 1. The molecule has 2 aliphatic heterocycles. The number of aliphatic carboxylic acids is 2. The summed E-state index contributed by atoms with van der Waals surface area (Å²) in [6.45, 7) is 4.47. The van der Waals surface area contributed by atoms with Gasteiger partial charge in [-0.3, -0.25) is 9.88 Å². The highest BCUT2D eigenvalue weighted by molar-refractivity contribution is 5.82. The molecule has 1 unspecified atom stereocenters. The van der Waals surface area contributed by atoms with Crippen LogP contribution in [0.3, 0.4) is 0 Å². The number of nitrogens with one attached hydrogen (secondary N) is 1. The van der Waals surface area contributed by atoms with Crippen molar-refractivity contribution in [1.29, 1.82) is 0 Å². The van der Waals surface area contributed by atoms with E-state index in [0.29, 0.717) is 12.5 Å². The van der Waals surface area contributed by atoms with Gasteiger partial charge >= 0.3 is 24.3 Å². The molecular weight excluding hydrogens is 552 g/mol. The molecule has 5 rings (SSSR count). The quantitative estimate of drug-likeness (QED) is 0.379. The Morgan fingerprint density at radius 3 is 2.27 bits per heavy atom. The molecule has 4 heterocycles. The second kappa shape index (κ2) is 12.6. The van der Waals surface area contributed by atoms with Gasteiger partial charge < -0.3 is 24.7 Å². The molecule has 0 saturated carbocycles. The minimum absolute atomic E-state index is 0.0335. The maximum atomic E-state index is 10.6. The SMILES string of the molecule is O=C(O)C(F)(F)F.O=C(O)C(F)(F)F.c1cncc(OCC2CCOC23CN(Cc2cccc4[nH]ccc24)C3)c1. The summed E-state index contributed by atoms with van der Waals surface area (Å²) in [7, 11) is 0. The molecule has 0 amide bonds. The summed E-state index contributed by atoms with van der Waals surface area (Å²) >= 11 is 0. The molecule has 3 N–H and O–H groups in total. The molecular formula is C25H25F6N3O6. The number of nitrogens with zero attached hydrogens (tertiary/aromatic N) is 2. The normalized spacial score (nSPS) is 18.2. The number of likely N-dealkylation sites (tertiary alicyclic amines) is 1. The van der Waals surface area contributed by atoms with E-state index in [-0.39, 0.29) is 5.60 Å². The van der Waals surface area contributed by atoms with E-state index in [9.17, 15) is 26.3 Å². The average molecular weight is 577 g/mol. The Morgan fingerprint density at radius 2 is 1.70 bits per heavy atom. The van der Waals surface area contributed by atoms with Gasteiger partial charge in [-0.1, -0.05) is 12.1 Å². The fourth-order valence-electron chi connectivity index (χ4n) is 4.35. The van der Waals surface area contributed by atoms with Gasteiger partial charge in [-0.2, -0.15) is 26.3 Å². The fourth-order valence-corrected chi connectivity index (χ4v) is 4.35. The molecule has 40 heavy (non-hydrogen) atoms. The molecule has 1 spiro atoms. The number of alkyl halides is 6. The van der Waals surface area contributed by atoms with Crippen molar-refractivity contribution in [2.75, 3.05) is 26.3 Å². The van der Waals surface area contributed by atoms with Crippen LogP contribution in [0.5, 0.6) is 5.75 Å². The number of aromatic amines is 1. The lowest BCUT2D eigenvalue weighted by atomic mass is 9.81. The summed E-state index contributed by atoms with van der Waals surface area (Å²) in [6, 6.07) is 12.5. The first-order valence-corrected chi connectivity index (χ1v) is 11.8. The van der Waals surface area contributed by atoms with E-state index in [0.717, 1.165) is 38.4 Å². The number of H-pyrrole nitrogens is 1. The molecule has 1 aromatic carbocycles. The van der Waals surface area contributed by atoms with Crippen molar-refractivity contribution in [3.63, 3.8) is 0 Å². The molecule has 0 radical (unpaired) electrons. The molecule has 1 atom stereocenters. The first kappa shape index (κ1) is 30.7. The van der Waals surface area contributed by atoms with E-state index in [1.54, 1.807) is 12.4 Å². The molecule has 2 aliphatic rings. The summed E-state index contributed by atoms with van der Waals surface area (Å²) in [5.74, 6) is -4.23. The third-order valence-corrected chi connectivity index (χ3v) is 6.23. The highest BCUT2D eigenvalue weighted by Crippen LogP contribution is 2.41. The monoisotopic (exact) mass is 577 g/mol. The van der Waals surface area contributed by atoms with E-state index < -0.39 is 24.3 Å². The van der Waals surface area contributed by atoms with Gasteiger partial charge in [-0.25, -0.2) is 9.59 Å². The number of carboxylic acids is 2. The van der Waals surface area contributed by atoms with Crippen molar-refractivity contribution in [1.82, 2.24) is 14.9 Å². The van der Waals surface area contributed by atoms with Crippen molar-refractivity contribution >= 4 is 22.8 Å². The first-order valence-electron chi connectivity index (χ1n) is 11.8. The molecule has 2 aromatic heterocycles. The van der Waals surface area contributed by atoms with E-state index in [1.165, 1.54) is 16.5 Å².